The number of ether oxygens (including phenoxy) is 1. The predicted molar refractivity (Wildman–Crippen MR) is 69.5 cm³/mol. The van der Waals surface area contributed by atoms with E-state index in [2.05, 4.69) is 21.2 Å². The molecular weight excluding hydrogens is 282 g/mol. The van der Waals surface area contributed by atoms with Gasteiger partial charge in [0, 0.05) is 11.0 Å². The number of hydrogen-bond donors (Lipinski definition) is 1. The van der Waals surface area contributed by atoms with Gasteiger partial charge in [-0.2, -0.15) is 0 Å². The van der Waals surface area contributed by atoms with Crippen molar-refractivity contribution >= 4 is 21.8 Å². The van der Waals surface area contributed by atoms with Crippen LogP contribution in [-0.4, -0.2) is 18.6 Å². The fourth-order valence-corrected chi connectivity index (χ4v) is 2.39. The monoisotopic (exact) mass is 297 g/mol. The Labute approximate surface area is 110 Å². The van der Waals surface area contributed by atoms with Crippen LogP contribution in [0.25, 0.3) is 0 Å². The lowest BCUT2D eigenvalue weighted by atomic mass is 10.1. The molecule has 0 saturated carbocycles. The van der Waals surface area contributed by atoms with Crippen LogP contribution in [0.1, 0.15) is 18.9 Å². The first-order valence-corrected chi connectivity index (χ1v) is 6.59. The van der Waals surface area contributed by atoms with Gasteiger partial charge in [0.25, 0.3) is 0 Å². The van der Waals surface area contributed by atoms with Gasteiger partial charge in [-0.25, -0.2) is 0 Å². The summed E-state index contributed by atoms with van der Waals surface area (Å²) < 4.78 is 6.42. The van der Waals surface area contributed by atoms with Gasteiger partial charge in [0.2, 0.25) is 5.91 Å². The van der Waals surface area contributed by atoms with Crippen molar-refractivity contribution in [1.29, 1.82) is 0 Å². The molecular formula is C13H16BrNO2. The van der Waals surface area contributed by atoms with Crippen LogP contribution in [0.5, 0.6) is 0 Å². The zero-order valence-electron chi connectivity index (χ0n) is 9.78. The molecule has 3 nitrogen and oxygen atoms in total. The van der Waals surface area contributed by atoms with Crippen LogP contribution < -0.4 is 5.32 Å². The topological polar surface area (TPSA) is 38.3 Å². The average molecular weight is 298 g/mol. The zero-order chi connectivity index (χ0) is 12.3. The molecule has 1 N–H and O–H groups in total. The van der Waals surface area contributed by atoms with Gasteiger partial charge in [0.15, 0.2) is 0 Å². The summed E-state index contributed by atoms with van der Waals surface area (Å²) in [4.78, 5) is 11.9. The minimum absolute atomic E-state index is 0.00693. The second kappa shape index (κ2) is 5.65. The molecule has 17 heavy (non-hydrogen) atoms. The van der Waals surface area contributed by atoms with Crippen LogP contribution in [0.4, 0.5) is 0 Å². The Kier molecular flexibility index (Phi) is 4.18. The zero-order valence-corrected chi connectivity index (χ0v) is 11.4. The Hall–Kier alpha value is -0.870. The van der Waals surface area contributed by atoms with E-state index in [4.69, 9.17) is 4.74 Å². The Bertz CT molecular complexity index is 408. The van der Waals surface area contributed by atoms with E-state index in [1.807, 2.05) is 31.2 Å². The summed E-state index contributed by atoms with van der Waals surface area (Å²) in [5.74, 6) is 0.0950. The van der Waals surface area contributed by atoms with Crippen molar-refractivity contribution in [3.8, 4) is 0 Å². The summed E-state index contributed by atoms with van der Waals surface area (Å²) in [6.45, 7) is 3.11. The molecule has 1 aliphatic heterocycles. The van der Waals surface area contributed by atoms with E-state index >= 15 is 0 Å². The normalized spacial score (nSPS) is 23.6. The van der Waals surface area contributed by atoms with Crippen molar-refractivity contribution in [2.75, 3.05) is 6.61 Å². The highest BCUT2D eigenvalue weighted by atomic mass is 79.9. The maximum Gasteiger partial charge on any atom is 0.225 e. The van der Waals surface area contributed by atoms with Gasteiger partial charge >= 0.3 is 0 Å². The van der Waals surface area contributed by atoms with Crippen LogP contribution >= 0.6 is 15.9 Å². The molecule has 4 heteroatoms. The molecule has 0 bridgehead atoms. The van der Waals surface area contributed by atoms with Gasteiger partial charge in [-0.15, -0.1) is 0 Å². The van der Waals surface area contributed by atoms with Crippen LogP contribution in [0.15, 0.2) is 28.7 Å². The first kappa shape index (κ1) is 12.6. The molecule has 2 rings (SSSR count). The lowest BCUT2D eigenvalue weighted by molar-refractivity contribution is -0.125. The van der Waals surface area contributed by atoms with Crippen molar-refractivity contribution < 1.29 is 9.53 Å². The minimum Gasteiger partial charge on any atom is -0.378 e. The maximum atomic E-state index is 11.9. The summed E-state index contributed by atoms with van der Waals surface area (Å²) in [7, 11) is 0. The number of benzene rings is 1. The summed E-state index contributed by atoms with van der Waals surface area (Å²) in [6, 6.07) is 7.90. The summed E-state index contributed by atoms with van der Waals surface area (Å²) >= 11 is 3.46. The number of halogens is 1. The van der Waals surface area contributed by atoms with E-state index in [0.29, 0.717) is 13.2 Å². The van der Waals surface area contributed by atoms with Crippen molar-refractivity contribution in [3.63, 3.8) is 0 Å². The summed E-state index contributed by atoms with van der Waals surface area (Å²) in [6.07, 6.45) is 1.02. The molecule has 0 radical (unpaired) electrons. The number of rotatable bonds is 3. The Morgan fingerprint density at radius 2 is 2.29 bits per heavy atom. The largest absolute Gasteiger partial charge is 0.378 e. The molecule has 0 aliphatic carbocycles. The lowest BCUT2D eigenvalue weighted by Crippen LogP contribution is -2.30. The van der Waals surface area contributed by atoms with E-state index in [1.54, 1.807) is 0 Å². The van der Waals surface area contributed by atoms with E-state index in [9.17, 15) is 4.79 Å². The summed E-state index contributed by atoms with van der Waals surface area (Å²) in [5, 5.41) is 2.95. The highest BCUT2D eigenvalue weighted by Gasteiger charge is 2.27. The van der Waals surface area contributed by atoms with Gasteiger partial charge < -0.3 is 10.1 Å². The Balaban J connectivity index is 1.86. The third-order valence-electron chi connectivity index (χ3n) is 2.98. The molecule has 1 aromatic rings. The van der Waals surface area contributed by atoms with Crippen LogP contribution in [-0.2, 0) is 16.1 Å². The predicted octanol–water partition coefficient (Wildman–Crippen LogP) is 2.49. The molecule has 1 saturated heterocycles. The van der Waals surface area contributed by atoms with Gasteiger partial charge in [0.1, 0.15) is 0 Å². The van der Waals surface area contributed by atoms with Gasteiger partial charge in [0.05, 0.1) is 18.6 Å². The summed E-state index contributed by atoms with van der Waals surface area (Å²) in [5.41, 5.74) is 1.09. The molecule has 0 spiro atoms. The van der Waals surface area contributed by atoms with Gasteiger partial charge in [-0.05, 0) is 25.0 Å². The molecule has 92 valence electrons. The second-order valence-corrected chi connectivity index (χ2v) is 5.24. The van der Waals surface area contributed by atoms with E-state index in [0.717, 1.165) is 16.5 Å². The highest BCUT2D eigenvalue weighted by Crippen LogP contribution is 2.20. The molecule has 1 heterocycles. The first-order valence-electron chi connectivity index (χ1n) is 5.79. The molecule has 1 aromatic carbocycles. The Morgan fingerprint density at radius 3 is 2.94 bits per heavy atom. The van der Waals surface area contributed by atoms with E-state index in [-0.39, 0.29) is 17.9 Å². The van der Waals surface area contributed by atoms with Crippen molar-refractivity contribution in [2.24, 2.45) is 5.92 Å². The molecule has 0 aromatic heterocycles. The molecule has 1 fully saturated rings. The van der Waals surface area contributed by atoms with Gasteiger partial charge in [-0.1, -0.05) is 34.1 Å². The van der Waals surface area contributed by atoms with Gasteiger partial charge in [-0.3, -0.25) is 4.79 Å². The maximum absolute atomic E-state index is 11.9. The van der Waals surface area contributed by atoms with E-state index in [1.165, 1.54) is 0 Å². The van der Waals surface area contributed by atoms with E-state index < -0.39 is 0 Å². The average Bonchev–Trinajstić information content (AvgIpc) is 2.74. The third-order valence-corrected chi connectivity index (χ3v) is 3.75. The number of carbonyl (C=O) groups excluding carboxylic acids is 1. The number of amides is 1. The van der Waals surface area contributed by atoms with Crippen LogP contribution in [0.2, 0.25) is 0 Å². The quantitative estimate of drug-likeness (QED) is 0.931. The van der Waals surface area contributed by atoms with Crippen molar-refractivity contribution in [1.82, 2.24) is 5.32 Å². The molecule has 1 aliphatic rings. The number of hydrogen-bond acceptors (Lipinski definition) is 2. The smallest absolute Gasteiger partial charge is 0.225 e. The number of nitrogens with one attached hydrogen (secondary N) is 1. The Morgan fingerprint density at radius 1 is 1.53 bits per heavy atom. The van der Waals surface area contributed by atoms with Crippen LogP contribution in [0, 0.1) is 5.92 Å². The van der Waals surface area contributed by atoms with Crippen LogP contribution in [0.3, 0.4) is 0 Å². The van der Waals surface area contributed by atoms with Crippen molar-refractivity contribution in [3.05, 3.63) is 34.3 Å². The molecule has 2 atom stereocenters. The molecule has 2 unspecified atom stereocenters. The lowest BCUT2D eigenvalue weighted by Gasteiger charge is -2.10. The minimum atomic E-state index is 0.00693. The third kappa shape index (κ3) is 3.30. The number of carbonyl (C=O) groups is 1. The highest BCUT2D eigenvalue weighted by molar-refractivity contribution is 9.10. The standard InChI is InChI=1S/C13H16BrNO2/c1-9-6-11(8-17-9)13(16)15-7-10-4-2-3-5-12(10)14/h2-5,9,11H,6-8H2,1H3,(H,15,16). The molecule has 1 amide bonds. The van der Waals surface area contributed by atoms with Crippen molar-refractivity contribution in [2.45, 2.75) is 26.0 Å². The fraction of sp³-hybridized carbons (Fsp3) is 0.462. The fourth-order valence-electron chi connectivity index (χ4n) is 1.97. The second-order valence-electron chi connectivity index (χ2n) is 4.39. The SMILES string of the molecule is CC1CC(C(=O)NCc2ccccc2Br)CO1. The first-order chi connectivity index (χ1) is 8.16.